The number of esters is 1. The Morgan fingerprint density at radius 1 is 1.11 bits per heavy atom. The molecule has 0 fully saturated rings. The van der Waals surface area contributed by atoms with Gasteiger partial charge in [0.2, 0.25) is 5.91 Å². The number of carbonyl (C=O) groups excluding carboxylic acids is 2. The largest absolute Gasteiger partial charge is 0.460 e. The van der Waals surface area contributed by atoms with Crippen LogP contribution in [0.1, 0.15) is 60.3 Å². The van der Waals surface area contributed by atoms with Crippen LogP contribution in [0, 0.1) is 5.92 Å². The highest BCUT2D eigenvalue weighted by Gasteiger charge is 2.15. The Bertz CT molecular complexity index is 267. The molecule has 0 bridgehead atoms. The van der Waals surface area contributed by atoms with Crippen LogP contribution < -0.4 is 5.32 Å². The number of ether oxygens (including phenoxy) is 1. The highest BCUT2D eigenvalue weighted by molar-refractivity contribution is 5.76. The van der Waals surface area contributed by atoms with Gasteiger partial charge in [-0.3, -0.25) is 9.59 Å². The number of carbonyl (C=O) groups is 2. The zero-order valence-corrected chi connectivity index (χ0v) is 12.3. The summed E-state index contributed by atoms with van der Waals surface area (Å²) in [6.45, 7) is 10.4. The quantitative estimate of drug-likeness (QED) is 0.563. The fourth-order valence-electron chi connectivity index (χ4n) is 1.35. The van der Waals surface area contributed by atoms with Gasteiger partial charge >= 0.3 is 5.97 Å². The van der Waals surface area contributed by atoms with E-state index >= 15 is 0 Å². The number of rotatable bonds is 7. The maximum atomic E-state index is 11.4. The second-order valence-corrected chi connectivity index (χ2v) is 5.99. The Kier molecular flexibility index (Phi) is 7.64. The molecule has 0 aliphatic heterocycles. The minimum atomic E-state index is -0.425. The first kappa shape index (κ1) is 16.9. The van der Waals surface area contributed by atoms with Gasteiger partial charge < -0.3 is 10.1 Å². The van der Waals surface area contributed by atoms with Crippen molar-refractivity contribution < 1.29 is 14.3 Å². The molecular formula is C14H27NO3. The Morgan fingerprint density at radius 3 is 2.17 bits per heavy atom. The predicted octanol–water partition coefficient (Wildman–Crippen LogP) is 2.66. The molecular weight excluding hydrogens is 230 g/mol. The zero-order chi connectivity index (χ0) is 14.2. The normalized spacial score (nSPS) is 11.4. The summed E-state index contributed by atoms with van der Waals surface area (Å²) < 4.78 is 5.18. The van der Waals surface area contributed by atoms with E-state index in [-0.39, 0.29) is 11.9 Å². The maximum Gasteiger partial charge on any atom is 0.306 e. The van der Waals surface area contributed by atoms with Crippen LogP contribution in [0.15, 0.2) is 0 Å². The summed E-state index contributed by atoms with van der Waals surface area (Å²) in [5.74, 6) is 0.341. The van der Waals surface area contributed by atoms with Crippen molar-refractivity contribution in [2.45, 2.75) is 65.9 Å². The van der Waals surface area contributed by atoms with Gasteiger partial charge in [0, 0.05) is 19.4 Å². The van der Waals surface area contributed by atoms with Crippen LogP contribution in [0.25, 0.3) is 0 Å². The fourth-order valence-corrected chi connectivity index (χ4v) is 1.35. The van der Waals surface area contributed by atoms with Crippen LogP contribution in [0.4, 0.5) is 0 Å². The van der Waals surface area contributed by atoms with Gasteiger partial charge in [-0.2, -0.15) is 0 Å². The number of unbranched alkanes of at least 4 members (excludes halogenated alkanes) is 1. The smallest absolute Gasteiger partial charge is 0.306 e. The van der Waals surface area contributed by atoms with Crippen LogP contribution in [0.5, 0.6) is 0 Å². The second-order valence-electron chi connectivity index (χ2n) is 5.99. The lowest BCUT2D eigenvalue weighted by Gasteiger charge is -2.19. The van der Waals surface area contributed by atoms with Crippen LogP contribution in [-0.4, -0.2) is 24.0 Å². The third-order valence-corrected chi connectivity index (χ3v) is 2.16. The molecule has 0 aliphatic rings. The molecule has 0 saturated heterocycles. The molecule has 4 nitrogen and oxygen atoms in total. The highest BCUT2D eigenvalue weighted by atomic mass is 16.6. The number of hydrogen-bond acceptors (Lipinski definition) is 3. The molecule has 0 heterocycles. The third-order valence-electron chi connectivity index (χ3n) is 2.16. The van der Waals surface area contributed by atoms with E-state index in [1.54, 1.807) is 0 Å². The van der Waals surface area contributed by atoms with E-state index in [9.17, 15) is 9.59 Å². The van der Waals surface area contributed by atoms with Gasteiger partial charge in [0.15, 0.2) is 0 Å². The van der Waals surface area contributed by atoms with Gasteiger partial charge in [-0.15, -0.1) is 0 Å². The van der Waals surface area contributed by atoms with Crippen molar-refractivity contribution in [3.8, 4) is 0 Å². The van der Waals surface area contributed by atoms with Gasteiger partial charge in [0.1, 0.15) is 5.60 Å². The van der Waals surface area contributed by atoms with Crippen LogP contribution in [-0.2, 0) is 14.3 Å². The monoisotopic (exact) mass is 257 g/mol. The molecule has 0 atom stereocenters. The number of amides is 1. The average molecular weight is 257 g/mol. The zero-order valence-electron chi connectivity index (χ0n) is 12.3. The van der Waals surface area contributed by atoms with Gasteiger partial charge in [0.25, 0.3) is 0 Å². The average Bonchev–Trinajstić information content (AvgIpc) is 2.19. The molecule has 0 spiro atoms. The SMILES string of the molecule is CC(C)CNC(=O)CCCCC(=O)OC(C)(C)C. The van der Waals surface area contributed by atoms with Crippen molar-refractivity contribution in [2.75, 3.05) is 6.54 Å². The third kappa shape index (κ3) is 11.4. The summed E-state index contributed by atoms with van der Waals surface area (Å²) >= 11 is 0. The van der Waals surface area contributed by atoms with E-state index in [1.807, 2.05) is 20.8 Å². The first-order valence-electron chi connectivity index (χ1n) is 6.69. The Labute approximate surface area is 110 Å². The maximum absolute atomic E-state index is 11.4. The Morgan fingerprint density at radius 2 is 1.67 bits per heavy atom. The molecule has 0 radical (unpaired) electrons. The van der Waals surface area contributed by atoms with Crippen molar-refractivity contribution in [3.05, 3.63) is 0 Å². The van der Waals surface area contributed by atoms with Gasteiger partial charge in [-0.05, 0) is 39.5 Å². The van der Waals surface area contributed by atoms with Crippen molar-refractivity contribution in [3.63, 3.8) is 0 Å². The van der Waals surface area contributed by atoms with Crippen molar-refractivity contribution in [2.24, 2.45) is 5.92 Å². The minimum Gasteiger partial charge on any atom is -0.460 e. The molecule has 4 heteroatoms. The number of hydrogen-bond donors (Lipinski definition) is 1. The molecule has 0 aliphatic carbocycles. The Hall–Kier alpha value is -1.06. The van der Waals surface area contributed by atoms with E-state index in [1.165, 1.54) is 0 Å². The van der Waals surface area contributed by atoms with E-state index < -0.39 is 5.60 Å². The molecule has 18 heavy (non-hydrogen) atoms. The molecule has 0 aromatic carbocycles. The molecule has 1 N–H and O–H groups in total. The lowest BCUT2D eigenvalue weighted by Crippen LogP contribution is -2.27. The Balaban J connectivity index is 3.56. The molecule has 106 valence electrons. The van der Waals surface area contributed by atoms with Crippen LogP contribution in [0.3, 0.4) is 0 Å². The molecule has 0 unspecified atom stereocenters. The lowest BCUT2D eigenvalue weighted by atomic mass is 10.1. The first-order valence-corrected chi connectivity index (χ1v) is 6.69. The van der Waals surface area contributed by atoms with Crippen molar-refractivity contribution in [1.82, 2.24) is 5.32 Å². The minimum absolute atomic E-state index is 0.0629. The summed E-state index contributed by atoms with van der Waals surface area (Å²) in [6.07, 6.45) is 2.29. The topological polar surface area (TPSA) is 55.4 Å². The van der Waals surface area contributed by atoms with E-state index in [0.29, 0.717) is 31.7 Å². The molecule has 0 aromatic rings. The van der Waals surface area contributed by atoms with E-state index in [2.05, 4.69) is 19.2 Å². The summed E-state index contributed by atoms with van der Waals surface area (Å²) in [6, 6.07) is 0. The summed E-state index contributed by atoms with van der Waals surface area (Å²) in [4.78, 5) is 22.8. The lowest BCUT2D eigenvalue weighted by molar-refractivity contribution is -0.155. The van der Waals surface area contributed by atoms with Crippen molar-refractivity contribution in [1.29, 1.82) is 0 Å². The van der Waals surface area contributed by atoms with Gasteiger partial charge in [-0.25, -0.2) is 0 Å². The summed E-state index contributed by atoms with van der Waals surface area (Å²) in [7, 11) is 0. The summed E-state index contributed by atoms with van der Waals surface area (Å²) in [5, 5.41) is 2.85. The van der Waals surface area contributed by atoms with Gasteiger partial charge in [0.05, 0.1) is 0 Å². The van der Waals surface area contributed by atoms with Crippen LogP contribution >= 0.6 is 0 Å². The fraction of sp³-hybridized carbons (Fsp3) is 0.857. The van der Waals surface area contributed by atoms with Crippen LogP contribution in [0.2, 0.25) is 0 Å². The molecule has 0 rings (SSSR count). The first-order chi connectivity index (χ1) is 8.20. The highest BCUT2D eigenvalue weighted by Crippen LogP contribution is 2.10. The summed E-state index contributed by atoms with van der Waals surface area (Å²) in [5.41, 5.74) is -0.425. The van der Waals surface area contributed by atoms with Gasteiger partial charge in [-0.1, -0.05) is 13.8 Å². The van der Waals surface area contributed by atoms with Crippen molar-refractivity contribution >= 4 is 11.9 Å². The standard InChI is InChI=1S/C14H27NO3/c1-11(2)10-15-12(16)8-6-7-9-13(17)18-14(3,4)5/h11H,6-10H2,1-5H3,(H,15,16). The van der Waals surface area contributed by atoms with E-state index in [4.69, 9.17) is 4.74 Å². The predicted molar refractivity (Wildman–Crippen MR) is 72.2 cm³/mol. The number of nitrogens with one attached hydrogen (secondary N) is 1. The second kappa shape index (κ2) is 8.11. The molecule has 0 saturated carbocycles. The van der Waals surface area contributed by atoms with E-state index in [0.717, 1.165) is 6.42 Å². The molecule has 0 aromatic heterocycles. The molecule has 1 amide bonds.